The molecule has 1 saturated carbocycles. The Kier molecular flexibility index (Phi) is 4.77. The van der Waals surface area contributed by atoms with Crippen LogP contribution >= 0.6 is 0 Å². The molecule has 20 heavy (non-hydrogen) atoms. The highest BCUT2D eigenvalue weighted by atomic mass is 16.4. The molecule has 1 amide bonds. The van der Waals surface area contributed by atoms with Crippen LogP contribution in [0, 0.1) is 5.92 Å². The molecule has 4 heteroatoms. The molecule has 1 unspecified atom stereocenters. The van der Waals surface area contributed by atoms with E-state index < -0.39 is 5.97 Å². The minimum Gasteiger partial charge on any atom is -0.481 e. The van der Waals surface area contributed by atoms with E-state index in [0.717, 1.165) is 36.9 Å². The summed E-state index contributed by atoms with van der Waals surface area (Å²) in [6.07, 6.45) is 4.38. The third-order valence-corrected chi connectivity index (χ3v) is 3.95. The predicted octanol–water partition coefficient (Wildman–Crippen LogP) is 3.39. The summed E-state index contributed by atoms with van der Waals surface area (Å²) in [6.45, 7) is 1.89. The molecule has 4 nitrogen and oxygen atoms in total. The van der Waals surface area contributed by atoms with E-state index in [4.69, 9.17) is 5.11 Å². The van der Waals surface area contributed by atoms with Crippen molar-refractivity contribution in [1.82, 2.24) is 0 Å². The molecule has 0 saturated heterocycles. The highest BCUT2D eigenvalue weighted by Gasteiger charge is 2.22. The molecule has 1 fully saturated rings. The van der Waals surface area contributed by atoms with Crippen molar-refractivity contribution in [1.29, 1.82) is 0 Å². The van der Waals surface area contributed by atoms with E-state index in [-0.39, 0.29) is 24.2 Å². The van der Waals surface area contributed by atoms with Crippen LogP contribution in [0.3, 0.4) is 0 Å². The van der Waals surface area contributed by atoms with Gasteiger partial charge in [-0.2, -0.15) is 0 Å². The maximum Gasteiger partial charge on any atom is 0.303 e. The van der Waals surface area contributed by atoms with Crippen LogP contribution in [0.2, 0.25) is 0 Å². The maximum absolute atomic E-state index is 12.0. The monoisotopic (exact) mass is 275 g/mol. The van der Waals surface area contributed by atoms with Gasteiger partial charge in [0.15, 0.2) is 0 Å². The van der Waals surface area contributed by atoms with Gasteiger partial charge in [-0.15, -0.1) is 0 Å². The van der Waals surface area contributed by atoms with Crippen molar-refractivity contribution in [2.75, 3.05) is 5.32 Å². The number of anilines is 1. The standard InChI is InChI=1S/C16H21NO3/c1-11(10-15(18)19)12-6-8-14(9-7-12)17-16(20)13-4-2-3-5-13/h6-9,11,13H,2-5,10H2,1H3,(H,17,20)(H,18,19). The summed E-state index contributed by atoms with van der Waals surface area (Å²) in [6, 6.07) is 7.47. The summed E-state index contributed by atoms with van der Waals surface area (Å²) < 4.78 is 0. The Morgan fingerprint density at radius 2 is 1.85 bits per heavy atom. The molecule has 2 N–H and O–H groups in total. The number of carbonyl (C=O) groups is 2. The van der Waals surface area contributed by atoms with Crippen LogP contribution in [-0.4, -0.2) is 17.0 Å². The lowest BCUT2D eigenvalue weighted by molar-refractivity contribution is -0.137. The van der Waals surface area contributed by atoms with Gasteiger partial charge in [-0.3, -0.25) is 9.59 Å². The summed E-state index contributed by atoms with van der Waals surface area (Å²) in [7, 11) is 0. The smallest absolute Gasteiger partial charge is 0.303 e. The Bertz CT molecular complexity index is 475. The van der Waals surface area contributed by atoms with Crippen molar-refractivity contribution in [3.63, 3.8) is 0 Å². The largest absolute Gasteiger partial charge is 0.481 e. The van der Waals surface area contributed by atoms with E-state index in [2.05, 4.69) is 5.32 Å². The average molecular weight is 275 g/mol. The maximum atomic E-state index is 12.0. The van der Waals surface area contributed by atoms with Crippen LogP contribution < -0.4 is 5.32 Å². The number of carboxylic acids is 1. The Morgan fingerprint density at radius 3 is 2.40 bits per heavy atom. The first kappa shape index (κ1) is 14.6. The molecular formula is C16H21NO3. The lowest BCUT2D eigenvalue weighted by atomic mass is 9.97. The summed E-state index contributed by atoms with van der Waals surface area (Å²) in [5, 5.41) is 11.7. The molecule has 1 aliphatic rings. The molecule has 108 valence electrons. The minimum absolute atomic E-state index is 0.0212. The molecular weight excluding hydrogens is 254 g/mol. The number of aliphatic carboxylic acids is 1. The van der Waals surface area contributed by atoms with Gasteiger partial charge in [0.05, 0.1) is 6.42 Å². The summed E-state index contributed by atoms with van der Waals surface area (Å²) in [5.74, 6) is -0.558. The molecule has 2 rings (SSSR count). The number of hydrogen-bond acceptors (Lipinski definition) is 2. The normalized spacial score (nSPS) is 16.9. The average Bonchev–Trinajstić information content (AvgIpc) is 2.92. The van der Waals surface area contributed by atoms with E-state index in [1.165, 1.54) is 0 Å². The second kappa shape index (κ2) is 6.55. The first-order chi connectivity index (χ1) is 9.56. The van der Waals surface area contributed by atoms with Crippen molar-refractivity contribution in [3.05, 3.63) is 29.8 Å². The van der Waals surface area contributed by atoms with Crippen LogP contribution in [0.4, 0.5) is 5.69 Å². The number of amides is 1. The van der Waals surface area contributed by atoms with Gasteiger partial charge in [-0.25, -0.2) is 0 Å². The molecule has 0 radical (unpaired) electrons. The topological polar surface area (TPSA) is 66.4 Å². The van der Waals surface area contributed by atoms with E-state index in [1.54, 1.807) is 0 Å². The van der Waals surface area contributed by atoms with Crippen LogP contribution in [0.15, 0.2) is 24.3 Å². The third kappa shape index (κ3) is 3.83. The molecule has 1 atom stereocenters. The SMILES string of the molecule is CC(CC(=O)O)c1ccc(NC(=O)C2CCCC2)cc1. The van der Waals surface area contributed by atoms with Gasteiger partial charge in [0.25, 0.3) is 0 Å². The fourth-order valence-corrected chi connectivity index (χ4v) is 2.71. The van der Waals surface area contributed by atoms with E-state index in [9.17, 15) is 9.59 Å². The van der Waals surface area contributed by atoms with Crippen molar-refractivity contribution >= 4 is 17.6 Å². The summed E-state index contributed by atoms with van der Waals surface area (Å²) in [5.41, 5.74) is 1.76. The van der Waals surface area contributed by atoms with Gasteiger partial charge in [0.2, 0.25) is 5.91 Å². The van der Waals surface area contributed by atoms with Crippen molar-refractivity contribution in [2.24, 2.45) is 5.92 Å². The minimum atomic E-state index is -0.795. The predicted molar refractivity (Wildman–Crippen MR) is 77.7 cm³/mol. The van der Waals surface area contributed by atoms with E-state index in [0.29, 0.717) is 0 Å². The van der Waals surface area contributed by atoms with Gasteiger partial charge in [-0.05, 0) is 36.5 Å². The number of nitrogens with one attached hydrogen (secondary N) is 1. The first-order valence-electron chi connectivity index (χ1n) is 7.19. The Balaban J connectivity index is 1.94. The van der Waals surface area contributed by atoms with Gasteiger partial charge in [-0.1, -0.05) is 31.9 Å². The van der Waals surface area contributed by atoms with E-state index >= 15 is 0 Å². The Morgan fingerprint density at radius 1 is 1.25 bits per heavy atom. The zero-order chi connectivity index (χ0) is 14.5. The Hall–Kier alpha value is -1.84. The quantitative estimate of drug-likeness (QED) is 0.865. The first-order valence-corrected chi connectivity index (χ1v) is 7.19. The summed E-state index contributed by atoms with van der Waals surface area (Å²) >= 11 is 0. The number of hydrogen-bond donors (Lipinski definition) is 2. The zero-order valence-electron chi connectivity index (χ0n) is 11.8. The van der Waals surface area contributed by atoms with Crippen LogP contribution in [0.25, 0.3) is 0 Å². The second-order valence-electron chi connectivity index (χ2n) is 5.59. The van der Waals surface area contributed by atoms with Gasteiger partial charge < -0.3 is 10.4 Å². The molecule has 1 aromatic carbocycles. The fraction of sp³-hybridized carbons (Fsp3) is 0.500. The second-order valence-corrected chi connectivity index (χ2v) is 5.59. The van der Waals surface area contributed by atoms with Crippen LogP contribution in [0.5, 0.6) is 0 Å². The van der Waals surface area contributed by atoms with Gasteiger partial charge >= 0.3 is 5.97 Å². The van der Waals surface area contributed by atoms with E-state index in [1.807, 2.05) is 31.2 Å². The van der Waals surface area contributed by atoms with Crippen molar-refractivity contribution < 1.29 is 14.7 Å². The lowest BCUT2D eigenvalue weighted by Crippen LogP contribution is -2.20. The highest BCUT2D eigenvalue weighted by molar-refractivity contribution is 5.92. The summed E-state index contributed by atoms with van der Waals surface area (Å²) in [4.78, 5) is 22.7. The molecule has 0 spiro atoms. The highest BCUT2D eigenvalue weighted by Crippen LogP contribution is 2.26. The fourth-order valence-electron chi connectivity index (χ4n) is 2.71. The molecule has 1 aliphatic carbocycles. The number of benzene rings is 1. The lowest BCUT2D eigenvalue weighted by Gasteiger charge is -2.12. The number of carbonyl (C=O) groups excluding carboxylic acids is 1. The molecule has 0 aliphatic heterocycles. The van der Waals surface area contributed by atoms with Gasteiger partial charge in [0.1, 0.15) is 0 Å². The molecule has 0 bridgehead atoms. The Labute approximate surface area is 119 Å². The van der Waals surface area contributed by atoms with Crippen LogP contribution in [0.1, 0.15) is 50.5 Å². The molecule has 0 aromatic heterocycles. The zero-order valence-corrected chi connectivity index (χ0v) is 11.8. The van der Waals surface area contributed by atoms with Gasteiger partial charge in [0, 0.05) is 11.6 Å². The number of rotatable bonds is 5. The van der Waals surface area contributed by atoms with Crippen LogP contribution in [-0.2, 0) is 9.59 Å². The van der Waals surface area contributed by atoms with Crippen molar-refractivity contribution in [2.45, 2.75) is 44.9 Å². The molecule has 0 heterocycles. The third-order valence-electron chi connectivity index (χ3n) is 3.95. The number of carboxylic acid groups (broad SMARTS) is 1. The molecule has 1 aromatic rings. The van der Waals surface area contributed by atoms with Crippen molar-refractivity contribution in [3.8, 4) is 0 Å².